The Morgan fingerprint density at radius 3 is 2.85 bits per heavy atom. The first-order chi connectivity index (χ1) is 12.5. The number of nitrogens with zero attached hydrogens (tertiary/aromatic N) is 2. The van der Waals surface area contributed by atoms with Crippen LogP contribution in [0.3, 0.4) is 0 Å². The van der Waals surface area contributed by atoms with Gasteiger partial charge in [0.2, 0.25) is 5.91 Å². The minimum atomic E-state index is -0.499. The highest BCUT2D eigenvalue weighted by Gasteiger charge is 2.11. The van der Waals surface area contributed by atoms with Gasteiger partial charge in [0.05, 0.1) is 21.7 Å². The number of rotatable bonds is 5. The summed E-state index contributed by atoms with van der Waals surface area (Å²) in [5.74, 6) is -0.619. The highest BCUT2D eigenvalue weighted by molar-refractivity contribution is 7.99. The van der Waals surface area contributed by atoms with E-state index >= 15 is 0 Å². The second-order valence-corrected chi connectivity index (χ2v) is 6.94. The molecule has 0 saturated carbocycles. The van der Waals surface area contributed by atoms with Gasteiger partial charge in [-0.1, -0.05) is 41.6 Å². The number of aromatic nitrogens is 2. The Balaban J connectivity index is 1.64. The normalized spacial score (nSPS) is 10.9. The van der Waals surface area contributed by atoms with E-state index in [2.05, 4.69) is 10.3 Å². The van der Waals surface area contributed by atoms with Gasteiger partial charge >= 0.3 is 0 Å². The number of nitrogens with one attached hydrogen (secondary N) is 1. The van der Waals surface area contributed by atoms with Crippen molar-refractivity contribution in [1.82, 2.24) is 14.9 Å². The molecule has 3 rings (SSSR count). The lowest BCUT2D eigenvalue weighted by Gasteiger charge is -2.09. The van der Waals surface area contributed by atoms with Gasteiger partial charge in [-0.25, -0.2) is 9.37 Å². The monoisotopic (exact) mass is 391 g/mol. The maximum Gasteiger partial charge on any atom is 0.261 e. The Labute approximate surface area is 158 Å². The zero-order chi connectivity index (χ0) is 18.7. The molecule has 1 N–H and O–H groups in total. The zero-order valence-corrected chi connectivity index (χ0v) is 15.4. The van der Waals surface area contributed by atoms with Crippen LogP contribution in [0, 0.1) is 5.82 Å². The summed E-state index contributed by atoms with van der Waals surface area (Å²) < 4.78 is 14.6. The fourth-order valence-electron chi connectivity index (χ4n) is 2.36. The molecule has 1 aromatic heterocycles. The number of thioether (sulfide) groups is 1. The number of carbonyl (C=O) groups is 1. The van der Waals surface area contributed by atoms with E-state index in [4.69, 9.17) is 11.6 Å². The van der Waals surface area contributed by atoms with E-state index in [9.17, 15) is 14.0 Å². The molecule has 0 spiro atoms. The second-order valence-electron chi connectivity index (χ2n) is 5.59. The summed E-state index contributed by atoms with van der Waals surface area (Å²) in [6.07, 6.45) is 0. The number of halogens is 2. The van der Waals surface area contributed by atoms with Gasteiger partial charge in [-0.2, -0.15) is 0 Å². The first-order valence-electron chi connectivity index (χ1n) is 7.75. The summed E-state index contributed by atoms with van der Waals surface area (Å²) in [4.78, 5) is 28.8. The number of carbonyl (C=O) groups excluding carboxylic acids is 1. The van der Waals surface area contributed by atoms with Gasteiger partial charge in [-0.3, -0.25) is 14.2 Å². The van der Waals surface area contributed by atoms with Crippen LogP contribution in [0.1, 0.15) is 5.56 Å². The topological polar surface area (TPSA) is 64.0 Å². The van der Waals surface area contributed by atoms with Gasteiger partial charge in [-0.15, -0.1) is 0 Å². The third-order valence-electron chi connectivity index (χ3n) is 3.75. The van der Waals surface area contributed by atoms with Crippen LogP contribution >= 0.6 is 23.4 Å². The Kier molecular flexibility index (Phi) is 5.58. The molecule has 3 aromatic rings. The van der Waals surface area contributed by atoms with E-state index in [1.165, 1.54) is 28.5 Å². The molecule has 0 saturated heterocycles. The summed E-state index contributed by atoms with van der Waals surface area (Å²) >= 11 is 6.90. The molecule has 0 aliphatic heterocycles. The van der Waals surface area contributed by atoms with Gasteiger partial charge in [0.25, 0.3) is 5.56 Å². The summed E-state index contributed by atoms with van der Waals surface area (Å²) in [7, 11) is 1.63. The lowest BCUT2D eigenvalue weighted by molar-refractivity contribution is -0.118. The number of benzene rings is 2. The van der Waals surface area contributed by atoms with Crippen LogP contribution in [-0.2, 0) is 18.4 Å². The van der Waals surface area contributed by atoms with Crippen molar-refractivity contribution in [2.24, 2.45) is 7.05 Å². The molecule has 0 aliphatic carbocycles. The smallest absolute Gasteiger partial charge is 0.261 e. The van der Waals surface area contributed by atoms with E-state index in [0.717, 1.165) is 0 Å². The van der Waals surface area contributed by atoms with Crippen LogP contribution in [0.15, 0.2) is 52.4 Å². The minimum absolute atomic E-state index is 0.0153. The van der Waals surface area contributed by atoms with Gasteiger partial charge < -0.3 is 5.32 Å². The zero-order valence-electron chi connectivity index (χ0n) is 13.8. The lowest BCUT2D eigenvalue weighted by Crippen LogP contribution is -2.26. The Hall–Kier alpha value is -2.38. The molecule has 0 radical (unpaired) electrons. The van der Waals surface area contributed by atoms with Gasteiger partial charge in [0, 0.05) is 13.6 Å². The number of amides is 1. The fourth-order valence-corrected chi connectivity index (χ4v) is 3.36. The van der Waals surface area contributed by atoms with Crippen molar-refractivity contribution >= 4 is 40.2 Å². The van der Waals surface area contributed by atoms with Crippen LogP contribution in [0.5, 0.6) is 0 Å². The third kappa shape index (κ3) is 4.05. The van der Waals surface area contributed by atoms with Crippen LogP contribution in [0.25, 0.3) is 10.9 Å². The van der Waals surface area contributed by atoms with E-state index in [1.807, 2.05) is 6.07 Å². The summed E-state index contributed by atoms with van der Waals surface area (Å²) in [5.41, 5.74) is 1.14. The highest BCUT2D eigenvalue weighted by atomic mass is 35.5. The molecular weight excluding hydrogens is 377 g/mol. The molecule has 5 nitrogen and oxygen atoms in total. The summed E-state index contributed by atoms with van der Waals surface area (Å²) in [5, 5.41) is 3.75. The maximum absolute atomic E-state index is 13.1. The van der Waals surface area contributed by atoms with E-state index in [0.29, 0.717) is 21.6 Å². The van der Waals surface area contributed by atoms with Crippen LogP contribution in [-0.4, -0.2) is 21.2 Å². The molecule has 134 valence electrons. The number of hydrogen-bond donors (Lipinski definition) is 1. The molecule has 1 heterocycles. The largest absolute Gasteiger partial charge is 0.351 e. The number of para-hydroxylation sites is 1. The molecule has 26 heavy (non-hydrogen) atoms. The first-order valence-corrected chi connectivity index (χ1v) is 9.11. The van der Waals surface area contributed by atoms with Crippen LogP contribution in [0.2, 0.25) is 5.02 Å². The average molecular weight is 392 g/mol. The minimum Gasteiger partial charge on any atom is -0.351 e. The average Bonchev–Trinajstić information content (AvgIpc) is 2.64. The second kappa shape index (κ2) is 7.88. The van der Waals surface area contributed by atoms with Crippen molar-refractivity contribution in [3.05, 3.63) is 69.2 Å². The van der Waals surface area contributed by atoms with Crippen molar-refractivity contribution in [2.75, 3.05) is 5.75 Å². The summed E-state index contributed by atoms with van der Waals surface area (Å²) in [6, 6.07) is 11.4. The summed E-state index contributed by atoms with van der Waals surface area (Å²) in [6.45, 7) is 0.240. The molecule has 2 aromatic carbocycles. The Morgan fingerprint density at radius 2 is 2.08 bits per heavy atom. The molecule has 1 amide bonds. The molecule has 0 atom stereocenters. The quantitative estimate of drug-likeness (QED) is 0.536. The van der Waals surface area contributed by atoms with Gasteiger partial charge in [0.1, 0.15) is 5.82 Å². The molecule has 0 fully saturated rings. The predicted octanol–water partition coefficient (Wildman–Crippen LogP) is 3.13. The van der Waals surface area contributed by atoms with E-state index in [-0.39, 0.29) is 28.8 Å². The molecule has 0 unspecified atom stereocenters. The fraction of sp³-hybridized carbons (Fsp3) is 0.167. The number of fused-ring (bicyclic) bond motifs is 1. The Bertz CT molecular complexity index is 1040. The Morgan fingerprint density at radius 1 is 1.31 bits per heavy atom. The van der Waals surface area contributed by atoms with Crippen LogP contribution < -0.4 is 10.9 Å². The highest BCUT2D eigenvalue weighted by Crippen LogP contribution is 2.17. The third-order valence-corrected chi connectivity index (χ3v) is 5.07. The molecular formula is C18H15ClFN3O2S. The van der Waals surface area contributed by atoms with E-state index in [1.54, 1.807) is 31.3 Å². The molecule has 0 bridgehead atoms. The van der Waals surface area contributed by atoms with Crippen molar-refractivity contribution < 1.29 is 9.18 Å². The van der Waals surface area contributed by atoms with Gasteiger partial charge in [0.15, 0.2) is 5.16 Å². The SMILES string of the molecule is Cn1c(SCC(=O)NCc2ccc(F)c(Cl)c2)nc2ccccc2c1=O. The molecule has 0 aliphatic rings. The van der Waals surface area contributed by atoms with Crippen molar-refractivity contribution in [3.63, 3.8) is 0 Å². The predicted molar refractivity (Wildman–Crippen MR) is 101 cm³/mol. The number of hydrogen-bond acceptors (Lipinski definition) is 4. The van der Waals surface area contributed by atoms with Crippen molar-refractivity contribution in [1.29, 1.82) is 0 Å². The van der Waals surface area contributed by atoms with E-state index < -0.39 is 5.82 Å². The first kappa shape index (κ1) is 18.4. The standard InChI is InChI=1S/C18H15ClFN3O2S/c1-23-17(25)12-4-2-3-5-15(12)22-18(23)26-10-16(24)21-9-11-6-7-14(20)13(19)8-11/h2-8H,9-10H2,1H3,(H,21,24). The van der Waals surface area contributed by atoms with Crippen molar-refractivity contribution in [3.8, 4) is 0 Å². The lowest BCUT2D eigenvalue weighted by atomic mass is 10.2. The maximum atomic E-state index is 13.1. The van der Waals surface area contributed by atoms with Gasteiger partial charge in [-0.05, 0) is 29.8 Å². The van der Waals surface area contributed by atoms with Crippen LogP contribution in [0.4, 0.5) is 4.39 Å². The van der Waals surface area contributed by atoms with Crippen molar-refractivity contribution in [2.45, 2.75) is 11.7 Å². The molecule has 8 heteroatoms.